The summed E-state index contributed by atoms with van der Waals surface area (Å²) in [6.07, 6.45) is 0.834. The first-order valence-corrected chi connectivity index (χ1v) is 10.0. The molecule has 1 atom stereocenters. The smallest absolute Gasteiger partial charge is 0.258 e. The fourth-order valence-corrected chi connectivity index (χ4v) is 4.21. The van der Waals surface area contributed by atoms with Crippen molar-refractivity contribution in [1.29, 1.82) is 0 Å². The molecule has 4 rings (SSSR count). The van der Waals surface area contributed by atoms with Gasteiger partial charge in [0.05, 0.1) is 0 Å². The molecular weight excluding hydrogens is 366 g/mol. The third kappa shape index (κ3) is 3.62. The number of hydrogen-bond acceptors (Lipinski definition) is 3. The molecule has 0 bridgehead atoms. The molecule has 150 valence electrons. The number of para-hydroxylation sites is 1. The first-order valence-electron chi connectivity index (χ1n) is 10.0. The molecule has 2 aliphatic rings. The van der Waals surface area contributed by atoms with Gasteiger partial charge in [-0.1, -0.05) is 24.3 Å². The quantitative estimate of drug-likeness (QED) is 0.791. The van der Waals surface area contributed by atoms with E-state index in [0.717, 1.165) is 12.1 Å². The van der Waals surface area contributed by atoms with E-state index in [1.165, 1.54) is 5.56 Å². The third-order valence-corrected chi connectivity index (χ3v) is 5.79. The van der Waals surface area contributed by atoms with E-state index in [9.17, 15) is 14.4 Å². The van der Waals surface area contributed by atoms with E-state index in [1.54, 1.807) is 41.0 Å². The highest BCUT2D eigenvalue weighted by Crippen LogP contribution is 2.33. The van der Waals surface area contributed by atoms with Gasteiger partial charge in [0, 0.05) is 56.0 Å². The van der Waals surface area contributed by atoms with E-state index in [0.29, 0.717) is 37.3 Å². The molecule has 0 radical (unpaired) electrons. The van der Waals surface area contributed by atoms with Crippen LogP contribution in [0.3, 0.4) is 0 Å². The van der Waals surface area contributed by atoms with Gasteiger partial charge in [0.25, 0.3) is 11.8 Å². The summed E-state index contributed by atoms with van der Waals surface area (Å²) in [5.74, 6) is -0.152. The van der Waals surface area contributed by atoms with Gasteiger partial charge < -0.3 is 14.7 Å². The predicted octanol–water partition coefficient (Wildman–Crippen LogP) is 2.58. The van der Waals surface area contributed by atoms with Crippen LogP contribution in [-0.4, -0.2) is 59.7 Å². The molecular formula is C23H25N3O3. The van der Waals surface area contributed by atoms with E-state index < -0.39 is 0 Å². The average Bonchev–Trinajstić information content (AvgIpc) is 3.08. The average molecular weight is 391 g/mol. The lowest BCUT2D eigenvalue weighted by Gasteiger charge is -2.34. The molecule has 1 unspecified atom stereocenters. The Kier molecular flexibility index (Phi) is 5.09. The number of nitrogens with zero attached hydrogens (tertiary/aromatic N) is 3. The normalized spacial score (nSPS) is 18.6. The molecule has 29 heavy (non-hydrogen) atoms. The van der Waals surface area contributed by atoms with Gasteiger partial charge in [-0.3, -0.25) is 14.4 Å². The van der Waals surface area contributed by atoms with Crippen molar-refractivity contribution in [1.82, 2.24) is 9.80 Å². The molecule has 0 N–H and O–H groups in total. The van der Waals surface area contributed by atoms with Crippen LogP contribution in [0.4, 0.5) is 5.69 Å². The molecule has 2 aliphatic heterocycles. The highest BCUT2D eigenvalue weighted by Gasteiger charge is 2.31. The second-order valence-electron chi connectivity index (χ2n) is 7.74. The van der Waals surface area contributed by atoms with Gasteiger partial charge in [0.15, 0.2) is 0 Å². The van der Waals surface area contributed by atoms with Crippen LogP contribution in [0, 0.1) is 0 Å². The van der Waals surface area contributed by atoms with E-state index in [-0.39, 0.29) is 23.8 Å². The Morgan fingerprint density at radius 2 is 1.45 bits per heavy atom. The van der Waals surface area contributed by atoms with Crippen molar-refractivity contribution >= 4 is 23.4 Å². The second-order valence-corrected chi connectivity index (χ2v) is 7.74. The zero-order valence-corrected chi connectivity index (χ0v) is 16.8. The van der Waals surface area contributed by atoms with Crippen LogP contribution in [0.15, 0.2) is 48.5 Å². The van der Waals surface area contributed by atoms with Gasteiger partial charge in [-0.05, 0) is 43.2 Å². The minimum absolute atomic E-state index is 0.0321. The fraction of sp³-hybridized carbons (Fsp3) is 0.348. The number of benzene rings is 2. The summed E-state index contributed by atoms with van der Waals surface area (Å²) < 4.78 is 0. The van der Waals surface area contributed by atoms with Crippen molar-refractivity contribution < 1.29 is 14.4 Å². The lowest BCUT2D eigenvalue weighted by atomic mass is 10.1. The Morgan fingerprint density at radius 1 is 0.828 bits per heavy atom. The zero-order chi connectivity index (χ0) is 20.5. The summed E-state index contributed by atoms with van der Waals surface area (Å²) in [5.41, 5.74) is 3.14. The number of hydrogen-bond donors (Lipinski definition) is 0. The van der Waals surface area contributed by atoms with Crippen LogP contribution in [0.2, 0.25) is 0 Å². The summed E-state index contributed by atoms with van der Waals surface area (Å²) >= 11 is 0. The SMILES string of the molecule is CC(=O)N1CCN(C(=O)c2cccc(C(=O)N3c4ccccc4CC3C)c2)CC1. The molecule has 2 aromatic carbocycles. The molecule has 0 aliphatic carbocycles. The van der Waals surface area contributed by atoms with E-state index in [1.807, 2.05) is 30.0 Å². The van der Waals surface area contributed by atoms with Crippen molar-refractivity contribution in [2.75, 3.05) is 31.1 Å². The highest BCUT2D eigenvalue weighted by molar-refractivity contribution is 6.09. The number of amides is 3. The molecule has 2 heterocycles. The topological polar surface area (TPSA) is 60.9 Å². The Hall–Kier alpha value is -3.15. The molecule has 3 amide bonds. The lowest BCUT2D eigenvalue weighted by molar-refractivity contribution is -0.130. The van der Waals surface area contributed by atoms with Crippen LogP contribution in [-0.2, 0) is 11.2 Å². The number of rotatable bonds is 2. The maximum atomic E-state index is 13.2. The summed E-state index contributed by atoms with van der Waals surface area (Å²) in [7, 11) is 0. The van der Waals surface area contributed by atoms with Crippen LogP contribution in [0.25, 0.3) is 0 Å². The Labute approximate surface area is 170 Å². The second kappa shape index (κ2) is 7.70. The summed E-state index contributed by atoms with van der Waals surface area (Å²) in [6.45, 7) is 5.69. The molecule has 1 saturated heterocycles. The van der Waals surface area contributed by atoms with Gasteiger partial charge in [0.1, 0.15) is 0 Å². The van der Waals surface area contributed by atoms with Crippen LogP contribution >= 0.6 is 0 Å². The van der Waals surface area contributed by atoms with E-state index in [2.05, 4.69) is 6.07 Å². The monoisotopic (exact) mass is 391 g/mol. The summed E-state index contributed by atoms with van der Waals surface area (Å²) in [6, 6.07) is 15.0. The molecule has 0 saturated carbocycles. The van der Waals surface area contributed by atoms with Gasteiger partial charge in [-0.15, -0.1) is 0 Å². The summed E-state index contributed by atoms with van der Waals surface area (Å²) in [4.78, 5) is 43.0. The first kappa shape index (κ1) is 19.2. The third-order valence-electron chi connectivity index (χ3n) is 5.79. The van der Waals surface area contributed by atoms with Crippen molar-refractivity contribution in [3.8, 4) is 0 Å². The lowest BCUT2D eigenvalue weighted by Crippen LogP contribution is -2.50. The Morgan fingerprint density at radius 3 is 2.14 bits per heavy atom. The molecule has 1 fully saturated rings. The minimum Gasteiger partial charge on any atom is -0.339 e. The zero-order valence-electron chi connectivity index (χ0n) is 16.8. The van der Waals surface area contributed by atoms with Crippen LogP contribution in [0.5, 0.6) is 0 Å². The Bertz CT molecular complexity index is 963. The fourth-order valence-electron chi connectivity index (χ4n) is 4.21. The largest absolute Gasteiger partial charge is 0.339 e. The number of carbonyl (C=O) groups excluding carboxylic acids is 3. The van der Waals surface area contributed by atoms with Gasteiger partial charge in [-0.2, -0.15) is 0 Å². The number of piperazine rings is 1. The van der Waals surface area contributed by atoms with Crippen LogP contribution < -0.4 is 4.90 Å². The van der Waals surface area contributed by atoms with Crippen LogP contribution in [0.1, 0.15) is 40.1 Å². The van der Waals surface area contributed by atoms with E-state index in [4.69, 9.17) is 0 Å². The van der Waals surface area contributed by atoms with Gasteiger partial charge >= 0.3 is 0 Å². The number of carbonyl (C=O) groups is 3. The predicted molar refractivity (Wildman–Crippen MR) is 111 cm³/mol. The summed E-state index contributed by atoms with van der Waals surface area (Å²) in [5, 5.41) is 0. The molecule has 2 aromatic rings. The van der Waals surface area contributed by atoms with Crippen molar-refractivity contribution in [2.45, 2.75) is 26.3 Å². The van der Waals surface area contributed by atoms with Crippen molar-refractivity contribution in [3.05, 3.63) is 65.2 Å². The number of anilines is 1. The molecule has 0 spiro atoms. The number of fused-ring (bicyclic) bond motifs is 1. The first-order chi connectivity index (χ1) is 14.0. The van der Waals surface area contributed by atoms with Crippen molar-refractivity contribution in [2.24, 2.45) is 0 Å². The Balaban J connectivity index is 1.53. The molecule has 6 nitrogen and oxygen atoms in total. The van der Waals surface area contributed by atoms with E-state index >= 15 is 0 Å². The molecule has 6 heteroatoms. The standard InChI is InChI=1S/C23H25N3O3/c1-16-14-18-6-3-4-9-21(18)26(16)23(29)20-8-5-7-19(15-20)22(28)25-12-10-24(11-13-25)17(2)27/h3-9,15-16H,10-14H2,1-2H3. The van der Waals surface area contributed by atoms with Gasteiger partial charge in [0.2, 0.25) is 5.91 Å². The van der Waals surface area contributed by atoms with Gasteiger partial charge in [-0.25, -0.2) is 0 Å². The van der Waals surface area contributed by atoms with Crippen molar-refractivity contribution in [3.63, 3.8) is 0 Å². The molecule has 0 aromatic heterocycles. The minimum atomic E-state index is -0.0993. The maximum Gasteiger partial charge on any atom is 0.258 e. The highest BCUT2D eigenvalue weighted by atomic mass is 16.2. The maximum absolute atomic E-state index is 13.2.